The predicted octanol–water partition coefficient (Wildman–Crippen LogP) is 0.889. The van der Waals surface area contributed by atoms with Crippen LogP contribution in [-0.2, 0) is 6.67 Å². The molecule has 14 heavy (non-hydrogen) atoms. The van der Waals surface area contributed by atoms with E-state index in [4.69, 9.17) is 23.7 Å². The molecule has 1 aromatic rings. The SMILES string of the molecule is NC(=O)c1cc(CF)cc(C(N)=S)c1. The van der Waals surface area contributed by atoms with Crippen molar-refractivity contribution in [1.29, 1.82) is 0 Å². The third-order valence-electron chi connectivity index (χ3n) is 1.72. The van der Waals surface area contributed by atoms with Crippen LogP contribution in [0.25, 0.3) is 0 Å². The van der Waals surface area contributed by atoms with Crippen LogP contribution in [0.2, 0.25) is 0 Å². The Morgan fingerprint density at radius 1 is 1.29 bits per heavy atom. The van der Waals surface area contributed by atoms with Crippen LogP contribution >= 0.6 is 12.2 Å². The molecule has 0 aliphatic rings. The second-order valence-electron chi connectivity index (χ2n) is 2.78. The molecule has 0 fully saturated rings. The zero-order valence-electron chi connectivity index (χ0n) is 7.29. The van der Waals surface area contributed by atoms with Crippen LogP contribution in [0.5, 0.6) is 0 Å². The molecule has 1 aromatic carbocycles. The summed E-state index contributed by atoms with van der Waals surface area (Å²) in [7, 11) is 0. The minimum Gasteiger partial charge on any atom is -0.389 e. The Balaban J connectivity index is 3.27. The molecular weight excluding hydrogens is 203 g/mol. The van der Waals surface area contributed by atoms with E-state index in [0.717, 1.165) is 0 Å². The number of halogens is 1. The van der Waals surface area contributed by atoms with Crippen molar-refractivity contribution in [2.45, 2.75) is 6.67 Å². The van der Waals surface area contributed by atoms with Crippen molar-refractivity contribution in [3.05, 3.63) is 34.9 Å². The number of thiocarbonyl (C=S) groups is 1. The lowest BCUT2D eigenvalue weighted by atomic mass is 10.1. The zero-order valence-corrected chi connectivity index (χ0v) is 8.10. The summed E-state index contributed by atoms with van der Waals surface area (Å²) in [4.78, 5) is 11.0. The summed E-state index contributed by atoms with van der Waals surface area (Å²) in [6.07, 6.45) is 0. The maximum Gasteiger partial charge on any atom is 0.248 e. The van der Waals surface area contributed by atoms with Crippen LogP contribution in [0.1, 0.15) is 21.5 Å². The average Bonchev–Trinajstić information content (AvgIpc) is 2.16. The first-order valence-corrected chi connectivity index (χ1v) is 4.25. The third kappa shape index (κ3) is 2.26. The molecule has 0 bridgehead atoms. The van der Waals surface area contributed by atoms with Crippen molar-refractivity contribution >= 4 is 23.1 Å². The zero-order chi connectivity index (χ0) is 10.7. The molecule has 0 aromatic heterocycles. The van der Waals surface area contributed by atoms with Gasteiger partial charge in [-0.3, -0.25) is 4.79 Å². The van der Waals surface area contributed by atoms with Crippen LogP contribution in [0.3, 0.4) is 0 Å². The molecule has 0 unspecified atom stereocenters. The van der Waals surface area contributed by atoms with Crippen molar-refractivity contribution in [2.75, 3.05) is 0 Å². The molecule has 74 valence electrons. The number of hydrogen-bond donors (Lipinski definition) is 2. The first-order chi connectivity index (χ1) is 6.54. The van der Waals surface area contributed by atoms with E-state index in [-0.39, 0.29) is 10.6 Å². The van der Waals surface area contributed by atoms with E-state index in [9.17, 15) is 9.18 Å². The number of alkyl halides is 1. The smallest absolute Gasteiger partial charge is 0.248 e. The number of rotatable bonds is 3. The first kappa shape index (κ1) is 10.6. The molecule has 0 aliphatic carbocycles. The number of amides is 1. The van der Waals surface area contributed by atoms with Gasteiger partial charge in [-0.1, -0.05) is 12.2 Å². The first-order valence-electron chi connectivity index (χ1n) is 3.84. The highest BCUT2D eigenvalue weighted by Crippen LogP contribution is 2.11. The molecule has 1 rings (SSSR count). The number of nitrogens with two attached hydrogens (primary N) is 2. The van der Waals surface area contributed by atoms with Gasteiger partial charge < -0.3 is 11.5 Å². The second kappa shape index (κ2) is 4.15. The summed E-state index contributed by atoms with van der Waals surface area (Å²) in [5.74, 6) is -0.627. The van der Waals surface area contributed by atoms with Gasteiger partial charge in [-0.05, 0) is 23.8 Å². The van der Waals surface area contributed by atoms with Crippen LogP contribution in [0.15, 0.2) is 18.2 Å². The van der Waals surface area contributed by atoms with E-state index in [2.05, 4.69) is 0 Å². The van der Waals surface area contributed by atoms with Gasteiger partial charge in [0.05, 0.1) is 0 Å². The van der Waals surface area contributed by atoms with Gasteiger partial charge in [0.2, 0.25) is 5.91 Å². The maximum atomic E-state index is 12.4. The fourth-order valence-electron chi connectivity index (χ4n) is 1.05. The summed E-state index contributed by atoms with van der Waals surface area (Å²) in [6, 6.07) is 4.32. The molecule has 5 heteroatoms. The van der Waals surface area contributed by atoms with Crippen molar-refractivity contribution in [3.63, 3.8) is 0 Å². The molecular formula is C9H9FN2OS. The molecule has 1 amide bonds. The standard InChI is InChI=1S/C9H9FN2OS/c10-4-5-1-6(8(11)13)3-7(2-5)9(12)14/h1-3H,4H2,(H2,11,13)(H2,12,14). The lowest BCUT2D eigenvalue weighted by molar-refractivity contribution is 0.1000. The Bertz CT molecular complexity index is 360. The maximum absolute atomic E-state index is 12.4. The molecule has 0 aliphatic heterocycles. The van der Waals surface area contributed by atoms with Crippen molar-refractivity contribution in [3.8, 4) is 0 Å². The summed E-state index contributed by atoms with van der Waals surface area (Å²) in [5.41, 5.74) is 11.4. The highest BCUT2D eigenvalue weighted by molar-refractivity contribution is 7.80. The van der Waals surface area contributed by atoms with Crippen LogP contribution in [0, 0.1) is 0 Å². The van der Waals surface area contributed by atoms with E-state index >= 15 is 0 Å². The highest BCUT2D eigenvalue weighted by Gasteiger charge is 2.06. The number of carbonyl (C=O) groups is 1. The van der Waals surface area contributed by atoms with Gasteiger partial charge in [0, 0.05) is 11.1 Å². The van der Waals surface area contributed by atoms with E-state index in [0.29, 0.717) is 11.1 Å². The fourth-order valence-corrected chi connectivity index (χ4v) is 1.17. The van der Waals surface area contributed by atoms with E-state index in [1.54, 1.807) is 0 Å². The molecule has 0 saturated heterocycles. The van der Waals surface area contributed by atoms with Crippen molar-refractivity contribution in [1.82, 2.24) is 0 Å². The third-order valence-corrected chi connectivity index (χ3v) is 1.95. The Hall–Kier alpha value is -1.49. The molecule has 4 N–H and O–H groups in total. The number of hydrogen-bond acceptors (Lipinski definition) is 2. The van der Waals surface area contributed by atoms with Crippen LogP contribution in [-0.4, -0.2) is 10.9 Å². The Morgan fingerprint density at radius 3 is 2.29 bits per heavy atom. The molecule has 0 radical (unpaired) electrons. The van der Waals surface area contributed by atoms with Crippen molar-refractivity contribution < 1.29 is 9.18 Å². The van der Waals surface area contributed by atoms with Crippen LogP contribution in [0.4, 0.5) is 4.39 Å². The lowest BCUT2D eigenvalue weighted by Gasteiger charge is -2.04. The van der Waals surface area contributed by atoms with Gasteiger partial charge in [0.15, 0.2) is 0 Å². The molecule has 0 spiro atoms. The van der Waals surface area contributed by atoms with Gasteiger partial charge in [-0.2, -0.15) is 0 Å². The predicted molar refractivity (Wildman–Crippen MR) is 55.7 cm³/mol. The largest absolute Gasteiger partial charge is 0.389 e. The number of primary amides is 1. The van der Waals surface area contributed by atoms with Crippen molar-refractivity contribution in [2.24, 2.45) is 11.5 Å². The van der Waals surface area contributed by atoms with Crippen LogP contribution < -0.4 is 11.5 Å². The quantitative estimate of drug-likeness (QED) is 0.731. The fraction of sp³-hybridized carbons (Fsp3) is 0.111. The van der Waals surface area contributed by atoms with Gasteiger partial charge >= 0.3 is 0 Å². The van der Waals surface area contributed by atoms with Gasteiger partial charge in [-0.25, -0.2) is 4.39 Å². The second-order valence-corrected chi connectivity index (χ2v) is 3.22. The summed E-state index contributed by atoms with van der Waals surface area (Å²) >= 11 is 4.72. The Kier molecular flexibility index (Phi) is 3.14. The van der Waals surface area contributed by atoms with Gasteiger partial charge in [0.1, 0.15) is 11.7 Å². The molecule has 0 heterocycles. The van der Waals surface area contributed by atoms with Gasteiger partial charge in [-0.15, -0.1) is 0 Å². The lowest BCUT2D eigenvalue weighted by Crippen LogP contribution is -2.15. The molecule has 0 saturated carbocycles. The topological polar surface area (TPSA) is 69.1 Å². The van der Waals surface area contributed by atoms with E-state index < -0.39 is 12.6 Å². The minimum absolute atomic E-state index is 0.114. The summed E-state index contributed by atoms with van der Waals surface area (Å²) < 4.78 is 12.4. The molecule has 0 atom stereocenters. The Labute approximate surface area is 85.9 Å². The number of benzene rings is 1. The normalized spacial score (nSPS) is 9.79. The average molecular weight is 212 g/mol. The minimum atomic E-state index is -0.684. The van der Waals surface area contributed by atoms with E-state index in [1.807, 2.05) is 0 Å². The van der Waals surface area contributed by atoms with Gasteiger partial charge in [0.25, 0.3) is 0 Å². The summed E-state index contributed by atoms with van der Waals surface area (Å²) in [5, 5.41) is 0. The number of carbonyl (C=O) groups excluding carboxylic acids is 1. The monoisotopic (exact) mass is 212 g/mol. The Morgan fingerprint density at radius 2 is 1.86 bits per heavy atom. The van der Waals surface area contributed by atoms with E-state index in [1.165, 1.54) is 18.2 Å². The highest BCUT2D eigenvalue weighted by atomic mass is 32.1. The molecule has 3 nitrogen and oxygen atoms in total. The summed E-state index contributed by atoms with van der Waals surface area (Å²) in [6.45, 7) is -0.684.